The molecule has 8 heteroatoms. The van der Waals surface area contributed by atoms with Crippen LogP contribution in [0.4, 0.5) is 11.4 Å². The Labute approximate surface area is 200 Å². The highest BCUT2D eigenvalue weighted by Crippen LogP contribution is 2.39. The summed E-state index contributed by atoms with van der Waals surface area (Å²) < 4.78 is 28.0. The third-order valence-electron chi connectivity index (χ3n) is 5.49. The van der Waals surface area contributed by atoms with E-state index in [0.717, 1.165) is 17.2 Å². The molecule has 2 aromatic rings. The molecule has 34 heavy (non-hydrogen) atoms. The van der Waals surface area contributed by atoms with Gasteiger partial charge in [-0.2, -0.15) is 0 Å². The summed E-state index contributed by atoms with van der Waals surface area (Å²) in [4.78, 5) is 29.2. The molecule has 3 rings (SSSR count). The summed E-state index contributed by atoms with van der Waals surface area (Å²) in [5.41, 5.74) is 3.12. The molecule has 0 N–H and O–H groups in total. The zero-order chi connectivity index (χ0) is 25.0. The molecule has 2 aromatic carbocycles. The van der Waals surface area contributed by atoms with Crippen LogP contribution >= 0.6 is 0 Å². The molecule has 0 aromatic heterocycles. The first-order valence-electron chi connectivity index (χ1n) is 10.7. The number of ether oxygens (including phenoxy) is 1. The molecule has 0 radical (unpaired) electrons. The third-order valence-corrected chi connectivity index (χ3v) is 6.14. The van der Waals surface area contributed by atoms with Crippen LogP contribution < -0.4 is 14.5 Å². The maximum Gasteiger partial charge on any atom is 0.258 e. The Morgan fingerprint density at radius 2 is 1.74 bits per heavy atom. The van der Waals surface area contributed by atoms with Gasteiger partial charge in [0.15, 0.2) is 9.84 Å². The predicted octanol–water partition coefficient (Wildman–Crippen LogP) is 4.22. The second-order valence-electron chi connectivity index (χ2n) is 8.07. The number of hydrogen-bond acceptors (Lipinski definition) is 5. The molecular weight excluding hydrogens is 452 g/mol. The number of benzene rings is 2. The van der Waals surface area contributed by atoms with Crippen LogP contribution in [0, 0.1) is 0 Å². The van der Waals surface area contributed by atoms with Crippen molar-refractivity contribution >= 4 is 38.6 Å². The molecule has 0 unspecified atom stereocenters. The lowest BCUT2D eigenvalue weighted by Gasteiger charge is -2.41. The number of sulfone groups is 1. The Hall–Kier alpha value is -3.65. The second kappa shape index (κ2) is 10.1. The number of fused-ring (bicyclic) bond motifs is 1. The molecule has 0 fully saturated rings. The van der Waals surface area contributed by atoms with Gasteiger partial charge in [0.05, 0.1) is 24.5 Å². The van der Waals surface area contributed by atoms with Crippen LogP contribution in [0.5, 0.6) is 5.75 Å². The van der Waals surface area contributed by atoms with Crippen molar-refractivity contribution in [1.82, 2.24) is 0 Å². The van der Waals surface area contributed by atoms with Crippen LogP contribution in [0.2, 0.25) is 0 Å². The van der Waals surface area contributed by atoms with E-state index in [0.29, 0.717) is 34.8 Å². The molecule has 1 atom stereocenters. The van der Waals surface area contributed by atoms with Crippen molar-refractivity contribution in [2.45, 2.75) is 19.9 Å². The monoisotopic (exact) mass is 480 g/mol. The average molecular weight is 481 g/mol. The van der Waals surface area contributed by atoms with Crippen molar-refractivity contribution in [1.29, 1.82) is 0 Å². The lowest BCUT2D eigenvalue weighted by atomic mass is 9.99. The fourth-order valence-electron chi connectivity index (χ4n) is 3.93. The Bertz CT molecular complexity index is 1280. The van der Waals surface area contributed by atoms with Gasteiger partial charge in [0.1, 0.15) is 5.75 Å². The van der Waals surface area contributed by atoms with Crippen molar-refractivity contribution < 1.29 is 22.7 Å². The fourth-order valence-corrected chi connectivity index (χ4v) is 4.30. The molecule has 0 spiro atoms. The van der Waals surface area contributed by atoms with E-state index in [9.17, 15) is 18.0 Å². The van der Waals surface area contributed by atoms with E-state index in [1.54, 1.807) is 59.4 Å². The molecule has 2 amide bonds. The van der Waals surface area contributed by atoms with E-state index in [-0.39, 0.29) is 17.9 Å². The van der Waals surface area contributed by atoms with Crippen molar-refractivity contribution in [3.63, 3.8) is 0 Å². The van der Waals surface area contributed by atoms with Gasteiger partial charge >= 0.3 is 0 Å². The fraction of sp³-hybridized carbons (Fsp3) is 0.231. The molecule has 7 nitrogen and oxygen atoms in total. The Balaban J connectivity index is 2.11. The van der Waals surface area contributed by atoms with Gasteiger partial charge in [-0.05, 0) is 54.5 Å². The number of nitrogens with zero attached hydrogens (tertiary/aromatic N) is 2. The van der Waals surface area contributed by atoms with E-state index >= 15 is 0 Å². The number of carbonyl (C=O) groups excluding carboxylic acids is 2. The van der Waals surface area contributed by atoms with Gasteiger partial charge in [-0.25, -0.2) is 8.42 Å². The zero-order valence-electron chi connectivity index (χ0n) is 19.7. The van der Waals surface area contributed by atoms with Crippen LogP contribution in [0.15, 0.2) is 72.7 Å². The number of rotatable bonds is 6. The van der Waals surface area contributed by atoms with Crippen molar-refractivity contribution in [3.05, 3.63) is 83.8 Å². The average Bonchev–Trinajstić information content (AvgIpc) is 2.79. The lowest BCUT2D eigenvalue weighted by molar-refractivity contribution is -0.117. The van der Waals surface area contributed by atoms with Gasteiger partial charge in [-0.15, -0.1) is 0 Å². The maximum atomic E-state index is 13.5. The number of hydrogen-bond donors (Lipinski definition) is 0. The normalized spacial score (nSPS) is 16.4. The lowest BCUT2D eigenvalue weighted by Crippen LogP contribution is -2.51. The van der Waals surface area contributed by atoms with Crippen LogP contribution in [-0.4, -0.2) is 46.2 Å². The minimum atomic E-state index is -3.27. The molecule has 0 aliphatic carbocycles. The SMILES string of the molecule is C=C/C(=C\C=C\S(C)(=O)=O)c1ccc2c(c1)N(C(=O)c1ccc(OC)cc1)C[C@H](C)N2C(C)=O. The first-order chi connectivity index (χ1) is 16.1. The third kappa shape index (κ3) is 5.46. The van der Waals surface area contributed by atoms with E-state index in [1.165, 1.54) is 13.0 Å². The number of methoxy groups -OCH3 is 1. The summed E-state index contributed by atoms with van der Waals surface area (Å²) in [6.45, 7) is 7.55. The first-order valence-corrected chi connectivity index (χ1v) is 12.6. The second-order valence-corrected chi connectivity index (χ2v) is 10.0. The van der Waals surface area contributed by atoms with Crippen LogP contribution in [0.3, 0.4) is 0 Å². The minimum absolute atomic E-state index is 0.117. The van der Waals surface area contributed by atoms with E-state index in [1.807, 2.05) is 19.1 Å². The van der Waals surface area contributed by atoms with Crippen molar-refractivity contribution in [3.8, 4) is 5.75 Å². The van der Waals surface area contributed by atoms with Gasteiger partial charge in [0.2, 0.25) is 5.91 Å². The summed E-state index contributed by atoms with van der Waals surface area (Å²) in [6.07, 6.45) is 5.80. The molecule has 0 bridgehead atoms. The summed E-state index contributed by atoms with van der Waals surface area (Å²) >= 11 is 0. The Morgan fingerprint density at radius 3 is 2.29 bits per heavy atom. The van der Waals surface area contributed by atoms with Crippen molar-refractivity contribution in [2.24, 2.45) is 0 Å². The number of allylic oxidation sites excluding steroid dienone is 4. The summed E-state index contributed by atoms with van der Waals surface area (Å²) in [6, 6.07) is 12.1. The Morgan fingerprint density at radius 1 is 1.09 bits per heavy atom. The van der Waals surface area contributed by atoms with Gasteiger partial charge in [-0.3, -0.25) is 9.59 Å². The summed E-state index contributed by atoms with van der Waals surface area (Å²) in [7, 11) is -1.71. The standard InChI is InChI=1S/C26H28N2O5S/c1-6-20(8-7-15-34(5,31)32)22-11-14-24-25(16-22)27(17-18(2)28(24)19(3)29)26(30)21-9-12-23(33-4)13-10-21/h6-16,18H,1,17H2,2-5H3/b15-7+,20-8+/t18-/m0/s1. The van der Waals surface area contributed by atoms with E-state index < -0.39 is 9.84 Å². The summed E-state index contributed by atoms with van der Waals surface area (Å²) in [5.74, 6) is 0.336. The molecule has 0 saturated carbocycles. The number of carbonyl (C=O) groups is 2. The van der Waals surface area contributed by atoms with E-state index in [2.05, 4.69) is 6.58 Å². The topological polar surface area (TPSA) is 84.0 Å². The van der Waals surface area contributed by atoms with Gasteiger partial charge < -0.3 is 14.5 Å². The number of amides is 2. The quantitative estimate of drug-likeness (QED) is 0.578. The highest BCUT2D eigenvalue weighted by molar-refractivity contribution is 7.93. The highest BCUT2D eigenvalue weighted by atomic mass is 32.2. The van der Waals surface area contributed by atoms with Gasteiger partial charge in [0, 0.05) is 30.7 Å². The summed E-state index contributed by atoms with van der Waals surface area (Å²) in [5, 5.41) is 1.10. The first kappa shape index (κ1) is 25.0. The van der Waals surface area contributed by atoms with Gasteiger partial charge in [-0.1, -0.05) is 30.9 Å². The maximum absolute atomic E-state index is 13.5. The molecule has 0 saturated heterocycles. The van der Waals surface area contributed by atoms with Crippen molar-refractivity contribution in [2.75, 3.05) is 29.7 Å². The highest BCUT2D eigenvalue weighted by Gasteiger charge is 2.34. The molecule has 1 aliphatic heterocycles. The van der Waals surface area contributed by atoms with Crippen LogP contribution in [0.25, 0.3) is 5.57 Å². The predicted molar refractivity (Wildman–Crippen MR) is 136 cm³/mol. The molecule has 1 heterocycles. The van der Waals surface area contributed by atoms with E-state index in [4.69, 9.17) is 4.74 Å². The smallest absolute Gasteiger partial charge is 0.258 e. The zero-order valence-corrected chi connectivity index (χ0v) is 20.5. The number of anilines is 2. The minimum Gasteiger partial charge on any atom is -0.497 e. The largest absolute Gasteiger partial charge is 0.497 e. The molecule has 1 aliphatic rings. The molecule has 178 valence electrons. The molecular formula is C26H28N2O5S. The van der Waals surface area contributed by atoms with Gasteiger partial charge in [0.25, 0.3) is 5.91 Å². The Kier molecular flexibility index (Phi) is 7.41. The van der Waals surface area contributed by atoms with Crippen LogP contribution in [-0.2, 0) is 14.6 Å². The van der Waals surface area contributed by atoms with Crippen LogP contribution in [0.1, 0.15) is 29.8 Å².